The van der Waals surface area contributed by atoms with Gasteiger partial charge in [-0.3, -0.25) is 4.68 Å². The zero-order chi connectivity index (χ0) is 7.72. The van der Waals surface area contributed by atoms with E-state index in [0.29, 0.717) is 5.82 Å². The first-order chi connectivity index (χ1) is 4.66. The standard InChI is InChI=1S/C7H11N3/c1-4-6-5(2)9-10(3)7(6)8/h4H,1,8H2,2-3H3. The third kappa shape index (κ3) is 0.795. The first-order valence-corrected chi connectivity index (χ1v) is 3.08. The summed E-state index contributed by atoms with van der Waals surface area (Å²) in [5.41, 5.74) is 7.50. The van der Waals surface area contributed by atoms with Gasteiger partial charge in [-0.2, -0.15) is 5.10 Å². The van der Waals surface area contributed by atoms with E-state index >= 15 is 0 Å². The molecule has 3 heteroatoms. The Morgan fingerprint density at radius 3 is 2.50 bits per heavy atom. The fourth-order valence-electron chi connectivity index (χ4n) is 0.945. The Kier molecular flexibility index (Phi) is 1.49. The second kappa shape index (κ2) is 2.17. The molecule has 0 radical (unpaired) electrons. The van der Waals surface area contributed by atoms with Crippen molar-refractivity contribution in [3.05, 3.63) is 17.8 Å². The van der Waals surface area contributed by atoms with Crippen LogP contribution >= 0.6 is 0 Å². The van der Waals surface area contributed by atoms with Crippen molar-refractivity contribution in [3.8, 4) is 0 Å². The summed E-state index contributed by atoms with van der Waals surface area (Å²) in [5, 5.41) is 4.10. The summed E-state index contributed by atoms with van der Waals surface area (Å²) in [6.45, 7) is 5.54. The topological polar surface area (TPSA) is 43.8 Å². The van der Waals surface area contributed by atoms with Crippen LogP contribution in [0.1, 0.15) is 11.3 Å². The minimum absolute atomic E-state index is 0.674. The Morgan fingerprint density at radius 1 is 1.70 bits per heavy atom. The van der Waals surface area contributed by atoms with Crippen molar-refractivity contribution in [2.24, 2.45) is 7.05 Å². The largest absolute Gasteiger partial charge is 0.383 e. The number of aromatic nitrogens is 2. The summed E-state index contributed by atoms with van der Waals surface area (Å²) in [7, 11) is 1.81. The highest BCUT2D eigenvalue weighted by Crippen LogP contribution is 2.15. The van der Waals surface area contributed by atoms with Crippen LogP contribution in [0.5, 0.6) is 0 Å². The van der Waals surface area contributed by atoms with Gasteiger partial charge in [0.2, 0.25) is 0 Å². The molecule has 1 heterocycles. The highest BCUT2D eigenvalue weighted by molar-refractivity contribution is 5.62. The van der Waals surface area contributed by atoms with Crippen LogP contribution in [-0.2, 0) is 7.05 Å². The molecule has 0 aromatic carbocycles. The fraction of sp³-hybridized carbons (Fsp3) is 0.286. The number of aryl methyl sites for hydroxylation is 2. The van der Waals surface area contributed by atoms with E-state index in [1.54, 1.807) is 10.8 Å². The van der Waals surface area contributed by atoms with Gasteiger partial charge in [-0.25, -0.2) is 0 Å². The zero-order valence-electron chi connectivity index (χ0n) is 6.26. The molecule has 0 fully saturated rings. The van der Waals surface area contributed by atoms with E-state index in [-0.39, 0.29) is 0 Å². The van der Waals surface area contributed by atoms with Crippen LogP contribution in [0.4, 0.5) is 5.82 Å². The minimum atomic E-state index is 0.674. The Morgan fingerprint density at radius 2 is 2.30 bits per heavy atom. The number of nitrogens with two attached hydrogens (primary N) is 1. The molecule has 0 saturated heterocycles. The molecule has 0 bridgehead atoms. The van der Waals surface area contributed by atoms with E-state index in [1.165, 1.54) is 0 Å². The first kappa shape index (κ1) is 6.86. The number of anilines is 1. The molecule has 0 atom stereocenters. The third-order valence-electron chi connectivity index (χ3n) is 1.52. The maximum Gasteiger partial charge on any atom is 0.128 e. The van der Waals surface area contributed by atoms with Crippen LogP contribution in [0.25, 0.3) is 6.08 Å². The van der Waals surface area contributed by atoms with Gasteiger partial charge >= 0.3 is 0 Å². The van der Waals surface area contributed by atoms with Gasteiger partial charge in [-0.15, -0.1) is 0 Å². The van der Waals surface area contributed by atoms with E-state index in [2.05, 4.69) is 11.7 Å². The van der Waals surface area contributed by atoms with Crippen LogP contribution in [0.15, 0.2) is 6.58 Å². The summed E-state index contributed by atoms with van der Waals surface area (Å²) < 4.78 is 1.65. The molecule has 0 aliphatic heterocycles. The van der Waals surface area contributed by atoms with Crippen LogP contribution in [0, 0.1) is 6.92 Å². The average Bonchev–Trinajstić information content (AvgIpc) is 2.09. The van der Waals surface area contributed by atoms with Gasteiger partial charge in [-0.1, -0.05) is 12.7 Å². The van der Waals surface area contributed by atoms with Gasteiger partial charge in [0.05, 0.1) is 5.69 Å². The van der Waals surface area contributed by atoms with E-state index in [0.717, 1.165) is 11.3 Å². The monoisotopic (exact) mass is 137 g/mol. The maximum atomic E-state index is 5.64. The smallest absolute Gasteiger partial charge is 0.128 e. The lowest BCUT2D eigenvalue weighted by molar-refractivity contribution is 0.767. The maximum absolute atomic E-state index is 5.64. The quantitative estimate of drug-likeness (QED) is 0.626. The Hall–Kier alpha value is -1.25. The molecule has 0 spiro atoms. The van der Waals surface area contributed by atoms with Crippen molar-refractivity contribution < 1.29 is 0 Å². The van der Waals surface area contributed by atoms with E-state index < -0.39 is 0 Å². The first-order valence-electron chi connectivity index (χ1n) is 3.08. The van der Waals surface area contributed by atoms with Gasteiger partial charge in [-0.05, 0) is 6.92 Å². The zero-order valence-corrected chi connectivity index (χ0v) is 6.26. The second-order valence-corrected chi connectivity index (χ2v) is 2.21. The fourth-order valence-corrected chi connectivity index (χ4v) is 0.945. The van der Waals surface area contributed by atoms with Crippen LogP contribution < -0.4 is 5.73 Å². The highest BCUT2D eigenvalue weighted by Gasteiger charge is 2.04. The molecule has 0 unspecified atom stereocenters. The number of nitrogen functional groups attached to an aromatic ring is 1. The molecule has 0 amide bonds. The Bertz CT molecular complexity index is 260. The van der Waals surface area contributed by atoms with E-state index in [1.807, 2.05) is 14.0 Å². The van der Waals surface area contributed by atoms with Crippen molar-refractivity contribution in [2.45, 2.75) is 6.92 Å². The molecule has 1 aromatic rings. The van der Waals surface area contributed by atoms with Gasteiger partial charge in [0.1, 0.15) is 5.82 Å². The van der Waals surface area contributed by atoms with Crippen molar-refractivity contribution in [1.29, 1.82) is 0 Å². The third-order valence-corrected chi connectivity index (χ3v) is 1.52. The molecule has 10 heavy (non-hydrogen) atoms. The normalized spacial score (nSPS) is 9.80. The second-order valence-electron chi connectivity index (χ2n) is 2.21. The van der Waals surface area contributed by atoms with Gasteiger partial charge in [0.25, 0.3) is 0 Å². The highest BCUT2D eigenvalue weighted by atomic mass is 15.3. The SMILES string of the molecule is C=Cc1c(C)nn(C)c1N. The summed E-state index contributed by atoms with van der Waals surface area (Å²) in [6.07, 6.45) is 1.72. The predicted molar refractivity (Wildman–Crippen MR) is 42.4 cm³/mol. The number of nitrogens with zero attached hydrogens (tertiary/aromatic N) is 2. The van der Waals surface area contributed by atoms with Gasteiger partial charge in [0, 0.05) is 12.6 Å². The van der Waals surface area contributed by atoms with Crippen molar-refractivity contribution in [1.82, 2.24) is 9.78 Å². The van der Waals surface area contributed by atoms with Crippen LogP contribution in [-0.4, -0.2) is 9.78 Å². The van der Waals surface area contributed by atoms with Crippen LogP contribution in [0.2, 0.25) is 0 Å². The lowest BCUT2D eigenvalue weighted by Gasteiger charge is -1.92. The molecule has 0 aliphatic carbocycles. The number of hydrogen-bond acceptors (Lipinski definition) is 2. The van der Waals surface area contributed by atoms with Gasteiger partial charge in [0.15, 0.2) is 0 Å². The average molecular weight is 137 g/mol. The van der Waals surface area contributed by atoms with E-state index in [4.69, 9.17) is 5.73 Å². The van der Waals surface area contributed by atoms with Crippen molar-refractivity contribution in [2.75, 3.05) is 5.73 Å². The Labute approximate surface area is 60.1 Å². The molecular weight excluding hydrogens is 126 g/mol. The molecular formula is C7H11N3. The lowest BCUT2D eigenvalue weighted by Crippen LogP contribution is -1.97. The summed E-state index contributed by atoms with van der Waals surface area (Å²) in [4.78, 5) is 0. The molecule has 54 valence electrons. The molecule has 0 saturated carbocycles. The predicted octanol–water partition coefficient (Wildman–Crippen LogP) is 0.954. The number of rotatable bonds is 1. The summed E-state index contributed by atoms with van der Waals surface area (Å²) in [5.74, 6) is 0.674. The summed E-state index contributed by atoms with van der Waals surface area (Å²) >= 11 is 0. The molecule has 3 nitrogen and oxygen atoms in total. The van der Waals surface area contributed by atoms with Crippen molar-refractivity contribution in [3.63, 3.8) is 0 Å². The number of hydrogen-bond donors (Lipinski definition) is 1. The molecule has 1 aromatic heterocycles. The van der Waals surface area contributed by atoms with Gasteiger partial charge < -0.3 is 5.73 Å². The lowest BCUT2D eigenvalue weighted by atomic mass is 10.2. The minimum Gasteiger partial charge on any atom is -0.383 e. The van der Waals surface area contributed by atoms with E-state index in [9.17, 15) is 0 Å². The Balaban J connectivity index is 3.33. The molecule has 0 aliphatic rings. The molecule has 1 rings (SSSR count). The van der Waals surface area contributed by atoms with Crippen LogP contribution in [0.3, 0.4) is 0 Å². The molecule has 2 N–H and O–H groups in total. The van der Waals surface area contributed by atoms with Crippen molar-refractivity contribution >= 4 is 11.9 Å². The summed E-state index contributed by atoms with van der Waals surface area (Å²) in [6, 6.07) is 0.